The molecule has 3 fully saturated rings. The predicted octanol–water partition coefficient (Wildman–Crippen LogP) is 4.17. The third kappa shape index (κ3) is 1.14. The van der Waals surface area contributed by atoms with Gasteiger partial charge in [-0.15, -0.1) is 0 Å². The lowest BCUT2D eigenvalue weighted by atomic mass is 9.73. The van der Waals surface area contributed by atoms with Crippen molar-refractivity contribution < 1.29 is 0 Å². The molecule has 5 aliphatic rings. The molecule has 5 rings (SSSR count). The zero-order chi connectivity index (χ0) is 10.0. The molecule has 0 nitrogen and oxygen atoms in total. The van der Waals surface area contributed by atoms with Gasteiger partial charge in [0.2, 0.25) is 0 Å². The van der Waals surface area contributed by atoms with Crippen LogP contribution in [-0.2, 0) is 0 Å². The summed E-state index contributed by atoms with van der Waals surface area (Å²) in [7, 11) is 0. The average molecular weight is 202 g/mol. The fourth-order valence-electron chi connectivity index (χ4n) is 5.07. The van der Waals surface area contributed by atoms with Gasteiger partial charge >= 0.3 is 0 Å². The highest BCUT2D eigenvalue weighted by atomic mass is 14.6. The van der Waals surface area contributed by atoms with Crippen LogP contribution in [0.15, 0.2) is 11.6 Å². The van der Waals surface area contributed by atoms with Crippen LogP contribution in [0.2, 0.25) is 0 Å². The van der Waals surface area contributed by atoms with Crippen LogP contribution in [0.25, 0.3) is 0 Å². The fourth-order valence-corrected chi connectivity index (χ4v) is 5.07. The molecule has 0 aliphatic heterocycles. The topological polar surface area (TPSA) is 0 Å². The van der Waals surface area contributed by atoms with Crippen LogP contribution in [0.1, 0.15) is 51.9 Å². The molecule has 0 aromatic heterocycles. The number of rotatable bonds is 0. The highest BCUT2D eigenvalue weighted by molar-refractivity contribution is 5.23. The second-order valence-electron chi connectivity index (χ2n) is 6.93. The van der Waals surface area contributed by atoms with E-state index in [1.807, 2.05) is 5.57 Å². The summed E-state index contributed by atoms with van der Waals surface area (Å²) in [5, 5.41) is 0. The fraction of sp³-hybridized carbons (Fsp3) is 0.867. The van der Waals surface area contributed by atoms with E-state index in [0.717, 1.165) is 23.7 Å². The van der Waals surface area contributed by atoms with Crippen molar-refractivity contribution in [3.8, 4) is 0 Å². The summed E-state index contributed by atoms with van der Waals surface area (Å²) in [6, 6.07) is 0. The van der Waals surface area contributed by atoms with E-state index >= 15 is 0 Å². The summed E-state index contributed by atoms with van der Waals surface area (Å²) in [5.41, 5.74) is 2.55. The minimum atomic E-state index is 0.703. The van der Waals surface area contributed by atoms with Crippen LogP contribution < -0.4 is 0 Å². The van der Waals surface area contributed by atoms with Gasteiger partial charge in [0.15, 0.2) is 0 Å². The van der Waals surface area contributed by atoms with E-state index in [2.05, 4.69) is 13.0 Å². The molecule has 0 amide bonds. The Bertz CT molecular complexity index is 327. The molecule has 6 bridgehead atoms. The number of fused-ring (bicyclic) bond motifs is 3. The van der Waals surface area contributed by atoms with Crippen LogP contribution in [-0.4, -0.2) is 0 Å². The molecule has 0 heterocycles. The maximum absolute atomic E-state index is 2.72. The van der Waals surface area contributed by atoms with Crippen molar-refractivity contribution >= 4 is 0 Å². The lowest BCUT2D eigenvalue weighted by molar-refractivity contribution is 0.190. The Balaban J connectivity index is 1.80. The first-order chi connectivity index (χ1) is 7.26. The molecule has 0 heteroatoms. The average Bonchev–Trinajstić information content (AvgIpc) is 2.68. The van der Waals surface area contributed by atoms with Crippen molar-refractivity contribution in [1.29, 1.82) is 0 Å². The minimum absolute atomic E-state index is 0.703. The van der Waals surface area contributed by atoms with Gasteiger partial charge in [0.05, 0.1) is 0 Å². The monoisotopic (exact) mass is 202 g/mol. The molecule has 15 heavy (non-hydrogen) atoms. The van der Waals surface area contributed by atoms with Gasteiger partial charge in [0.1, 0.15) is 0 Å². The highest BCUT2D eigenvalue weighted by Crippen LogP contribution is 2.63. The Morgan fingerprint density at radius 2 is 2.07 bits per heavy atom. The summed E-state index contributed by atoms with van der Waals surface area (Å²) < 4.78 is 0. The van der Waals surface area contributed by atoms with Gasteiger partial charge < -0.3 is 0 Å². The van der Waals surface area contributed by atoms with Crippen molar-refractivity contribution in [2.75, 3.05) is 0 Å². The third-order valence-electron chi connectivity index (χ3n) is 6.09. The van der Waals surface area contributed by atoms with Crippen LogP contribution in [0.5, 0.6) is 0 Å². The molecule has 0 aromatic carbocycles. The molecule has 0 aromatic rings. The first-order valence-corrected chi connectivity index (χ1v) is 6.96. The van der Waals surface area contributed by atoms with Crippen LogP contribution >= 0.6 is 0 Å². The molecule has 0 saturated heterocycles. The van der Waals surface area contributed by atoms with Gasteiger partial charge in [-0.2, -0.15) is 0 Å². The Kier molecular flexibility index (Phi) is 1.59. The standard InChI is InChI=1S/C15H22/c1-15-6-5-13-12-4-2-3-11(15)7-10(9-15)8-14(12)13/h8,11-14H,2-7,9H2,1H3. The van der Waals surface area contributed by atoms with E-state index in [-0.39, 0.29) is 0 Å². The van der Waals surface area contributed by atoms with E-state index in [1.54, 1.807) is 12.8 Å². The smallest absolute Gasteiger partial charge is 0.0168 e. The lowest BCUT2D eigenvalue weighted by Crippen LogP contribution is -2.22. The molecule has 5 unspecified atom stereocenters. The van der Waals surface area contributed by atoms with Crippen molar-refractivity contribution in [2.24, 2.45) is 29.1 Å². The Morgan fingerprint density at radius 1 is 1.20 bits per heavy atom. The molecule has 0 N–H and O–H groups in total. The molecule has 3 saturated carbocycles. The number of hydrogen-bond donors (Lipinski definition) is 0. The quantitative estimate of drug-likeness (QED) is 0.517. The zero-order valence-electron chi connectivity index (χ0n) is 9.84. The molecule has 0 radical (unpaired) electrons. The van der Waals surface area contributed by atoms with Crippen LogP contribution in [0.4, 0.5) is 0 Å². The first-order valence-electron chi connectivity index (χ1n) is 6.96. The van der Waals surface area contributed by atoms with Crippen molar-refractivity contribution in [3.63, 3.8) is 0 Å². The van der Waals surface area contributed by atoms with Gasteiger partial charge in [0.25, 0.3) is 0 Å². The maximum Gasteiger partial charge on any atom is -0.0168 e. The predicted molar refractivity (Wildman–Crippen MR) is 62.5 cm³/mol. The van der Waals surface area contributed by atoms with E-state index in [1.165, 1.54) is 32.1 Å². The Labute approximate surface area is 93.1 Å². The summed E-state index contributed by atoms with van der Waals surface area (Å²) in [6.45, 7) is 2.58. The SMILES string of the molecule is CC12CCC3C4C=C(CC1CCCC43)C2. The molecule has 0 spiro atoms. The summed E-state index contributed by atoms with van der Waals surface area (Å²) in [5.74, 6) is 4.29. The summed E-state index contributed by atoms with van der Waals surface area (Å²) in [4.78, 5) is 0. The maximum atomic E-state index is 2.72. The zero-order valence-corrected chi connectivity index (χ0v) is 9.84. The Morgan fingerprint density at radius 3 is 3.00 bits per heavy atom. The normalized spacial score (nSPS) is 56.5. The number of allylic oxidation sites excluding steroid dienone is 2. The Hall–Kier alpha value is -0.260. The molecular formula is C15H22. The third-order valence-corrected chi connectivity index (χ3v) is 6.09. The first kappa shape index (κ1) is 8.84. The van der Waals surface area contributed by atoms with E-state index < -0.39 is 0 Å². The molecular weight excluding hydrogens is 180 g/mol. The van der Waals surface area contributed by atoms with Crippen LogP contribution in [0.3, 0.4) is 0 Å². The van der Waals surface area contributed by atoms with Crippen LogP contribution in [0, 0.1) is 29.1 Å². The minimum Gasteiger partial charge on any atom is -0.0816 e. The van der Waals surface area contributed by atoms with Gasteiger partial charge in [-0.05, 0) is 67.6 Å². The van der Waals surface area contributed by atoms with E-state index in [0.29, 0.717) is 5.41 Å². The van der Waals surface area contributed by atoms with Crippen molar-refractivity contribution in [2.45, 2.75) is 51.9 Å². The summed E-state index contributed by atoms with van der Waals surface area (Å²) in [6.07, 6.45) is 13.3. The van der Waals surface area contributed by atoms with Gasteiger partial charge in [-0.25, -0.2) is 0 Å². The van der Waals surface area contributed by atoms with Gasteiger partial charge in [0, 0.05) is 0 Å². The largest absolute Gasteiger partial charge is 0.0816 e. The second kappa shape index (κ2) is 2.70. The molecule has 82 valence electrons. The summed E-state index contributed by atoms with van der Waals surface area (Å²) >= 11 is 0. The van der Waals surface area contributed by atoms with Crippen molar-refractivity contribution in [3.05, 3.63) is 11.6 Å². The van der Waals surface area contributed by atoms with Gasteiger partial charge in [-0.3, -0.25) is 0 Å². The van der Waals surface area contributed by atoms with Crippen molar-refractivity contribution in [1.82, 2.24) is 0 Å². The molecule has 5 aliphatic carbocycles. The van der Waals surface area contributed by atoms with E-state index in [9.17, 15) is 0 Å². The van der Waals surface area contributed by atoms with E-state index in [4.69, 9.17) is 0 Å². The lowest BCUT2D eigenvalue weighted by Gasteiger charge is -2.31. The molecule has 5 atom stereocenters. The number of hydrogen-bond acceptors (Lipinski definition) is 0. The second-order valence-corrected chi connectivity index (χ2v) is 6.93. The van der Waals surface area contributed by atoms with Gasteiger partial charge in [-0.1, -0.05) is 25.0 Å². The highest BCUT2D eigenvalue weighted by Gasteiger charge is 2.53.